The van der Waals surface area contributed by atoms with Crippen LogP contribution in [-0.4, -0.2) is 31.7 Å². The Labute approximate surface area is 166 Å². The Morgan fingerprint density at radius 1 is 0.500 bits per heavy atom. The summed E-state index contributed by atoms with van der Waals surface area (Å²) in [5.74, 6) is 0. The average Bonchev–Trinajstić information content (AvgIpc) is 2.45. The van der Waals surface area contributed by atoms with Crippen LogP contribution in [0.1, 0.15) is 104 Å². The van der Waals surface area contributed by atoms with Gasteiger partial charge in [0.2, 0.25) is 0 Å². The van der Waals surface area contributed by atoms with Gasteiger partial charge in [0.15, 0.2) is 0 Å². The molecule has 0 unspecified atom stereocenters. The van der Waals surface area contributed by atoms with Crippen molar-refractivity contribution < 1.29 is 16.9 Å². The SMILES string of the molecule is CCCCCCCCCC[N+](C)(C)CCCCCCCC.Cl.N.[Cl-]. The molecular weight excluding hydrogens is 339 g/mol. The van der Waals surface area contributed by atoms with Gasteiger partial charge in [-0.25, -0.2) is 0 Å². The Morgan fingerprint density at radius 2 is 0.750 bits per heavy atom. The third-order valence-corrected chi connectivity index (χ3v) is 4.73. The van der Waals surface area contributed by atoms with E-state index >= 15 is 0 Å². The van der Waals surface area contributed by atoms with E-state index in [0.717, 1.165) is 0 Å². The molecule has 0 spiro atoms. The van der Waals surface area contributed by atoms with E-state index in [2.05, 4.69) is 27.9 Å². The molecule has 0 aromatic rings. The van der Waals surface area contributed by atoms with E-state index in [1.165, 1.54) is 107 Å². The van der Waals surface area contributed by atoms with Crippen LogP contribution in [0, 0.1) is 0 Å². The van der Waals surface area contributed by atoms with Crippen LogP contribution in [0.4, 0.5) is 0 Å². The van der Waals surface area contributed by atoms with Crippen LogP contribution in [0.5, 0.6) is 0 Å². The third kappa shape index (κ3) is 24.7. The maximum atomic E-state index is 2.42. The van der Waals surface area contributed by atoms with Crippen LogP contribution in [0.2, 0.25) is 0 Å². The molecular formula is C20H48Cl2N2. The monoisotopic (exact) mass is 386 g/mol. The van der Waals surface area contributed by atoms with Crippen LogP contribution >= 0.6 is 12.4 Å². The number of hydrogen-bond acceptors (Lipinski definition) is 1. The van der Waals surface area contributed by atoms with E-state index in [1.54, 1.807) is 0 Å². The van der Waals surface area contributed by atoms with Crippen molar-refractivity contribution in [1.82, 2.24) is 6.15 Å². The lowest BCUT2D eigenvalue weighted by molar-refractivity contribution is -0.890. The van der Waals surface area contributed by atoms with Crippen molar-refractivity contribution in [3.8, 4) is 0 Å². The minimum Gasteiger partial charge on any atom is -1.00 e. The average molecular weight is 388 g/mol. The van der Waals surface area contributed by atoms with Gasteiger partial charge < -0.3 is 23.0 Å². The second-order valence-electron chi connectivity index (χ2n) is 7.63. The third-order valence-electron chi connectivity index (χ3n) is 4.73. The molecule has 0 saturated carbocycles. The first-order chi connectivity index (χ1) is 10.1. The second kappa shape index (κ2) is 23.5. The predicted octanol–water partition coefficient (Wildman–Crippen LogP) is 4.15. The quantitative estimate of drug-likeness (QED) is 0.313. The fraction of sp³-hybridized carbons (Fsp3) is 1.00. The molecule has 152 valence electrons. The van der Waals surface area contributed by atoms with Gasteiger partial charge in [0.05, 0.1) is 27.2 Å². The van der Waals surface area contributed by atoms with Crippen molar-refractivity contribution >= 4 is 12.4 Å². The summed E-state index contributed by atoms with van der Waals surface area (Å²) in [5.41, 5.74) is 0. The first-order valence-corrected chi connectivity index (χ1v) is 9.94. The summed E-state index contributed by atoms with van der Waals surface area (Å²) in [6, 6.07) is 0. The van der Waals surface area contributed by atoms with Gasteiger partial charge in [0, 0.05) is 0 Å². The summed E-state index contributed by atoms with van der Waals surface area (Å²) in [5, 5.41) is 0. The Hall–Kier alpha value is 0.500. The van der Waals surface area contributed by atoms with E-state index in [-0.39, 0.29) is 31.0 Å². The van der Waals surface area contributed by atoms with E-state index in [0.29, 0.717) is 0 Å². The second-order valence-corrected chi connectivity index (χ2v) is 7.63. The number of halogens is 2. The highest BCUT2D eigenvalue weighted by molar-refractivity contribution is 5.85. The minimum absolute atomic E-state index is 0. The lowest BCUT2D eigenvalue weighted by Gasteiger charge is -2.30. The summed E-state index contributed by atoms with van der Waals surface area (Å²) >= 11 is 0. The van der Waals surface area contributed by atoms with Gasteiger partial charge in [0.1, 0.15) is 0 Å². The largest absolute Gasteiger partial charge is 1.00 e. The summed E-state index contributed by atoms with van der Waals surface area (Å²) < 4.78 is 1.24. The van der Waals surface area contributed by atoms with Crippen LogP contribution in [0.25, 0.3) is 0 Å². The Balaban J connectivity index is -0.000000667. The molecule has 24 heavy (non-hydrogen) atoms. The first kappa shape index (κ1) is 32.2. The minimum atomic E-state index is 0. The van der Waals surface area contributed by atoms with Crippen LogP contribution in [0.15, 0.2) is 0 Å². The summed E-state index contributed by atoms with van der Waals surface area (Å²) in [6.45, 7) is 7.35. The van der Waals surface area contributed by atoms with Gasteiger partial charge in [-0.1, -0.05) is 78.1 Å². The summed E-state index contributed by atoms with van der Waals surface area (Å²) in [7, 11) is 4.85. The molecule has 0 saturated heterocycles. The lowest BCUT2D eigenvalue weighted by atomic mass is 10.1. The van der Waals surface area contributed by atoms with E-state index < -0.39 is 0 Å². The van der Waals surface area contributed by atoms with E-state index in [1.807, 2.05) is 0 Å². The molecule has 3 N–H and O–H groups in total. The van der Waals surface area contributed by atoms with Crippen molar-refractivity contribution in [3.05, 3.63) is 0 Å². The molecule has 0 rings (SSSR count). The number of quaternary nitrogens is 1. The van der Waals surface area contributed by atoms with Gasteiger partial charge in [-0.3, -0.25) is 0 Å². The van der Waals surface area contributed by atoms with Crippen LogP contribution in [-0.2, 0) is 0 Å². The topological polar surface area (TPSA) is 35.0 Å². The molecule has 0 aliphatic carbocycles. The standard InChI is InChI=1S/C20H44N.2ClH.H3N/c1-5-7-9-11-13-14-16-18-20-21(3,4)19-17-15-12-10-8-6-2;;;/h5-20H2,1-4H3;2*1H;1H3/q+1;;;/p-1. The molecule has 2 nitrogen and oxygen atoms in total. The van der Waals surface area contributed by atoms with Gasteiger partial charge in [-0.2, -0.15) is 0 Å². The number of nitrogens with zero attached hydrogens (tertiary/aromatic N) is 1. The number of rotatable bonds is 16. The zero-order chi connectivity index (χ0) is 15.8. The lowest BCUT2D eigenvalue weighted by Crippen LogP contribution is -3.00. The molecule has 0 heterocycles. The van der Waals surface area contributed by atoms with Crippen molar-refractivity contribution in [2.75, 3.05) is 27.2 Å². The van der Waals surface area contributed by atoms with Gasteiger partial charge in [-0.05, 0) is 25.7 Å². The number of hydrogen-bond donors (Lipinski definition) is 1. The smallest absolute Gasteiger partial charge is 0.0782 e. The van der Waals surface area contributed by atoms with Gasteiger partial charge in [-0.15, -0.1) is 12.4 Å². The fourth-order valence-corrected chi connectivity index (χ4v) is 3.11. The number of unbranched alkanes of at least 4 members (excludes halogenated alkanes) is 12. The Kier molecular flexibility index (Phi) is 31.5. The van der Waals surface area contributed by atoms with E-state index in [9.17, 15) is 0 Å². The zero-order valence-electron chi connectivity index (χ0n) is 17.3. The fourth-order valence-electron chi connectivity index (χ4n) is 3.11. The molecule has 0 atom stereocenters. The molecule has 0 bridgehead atoms. The first-order valence-electron chi connectivity index (χ1n) is 9.94. The van der Waals surface area contributed by atoms with Gasteiger partial charge >= 0.3 is 0 Å². The van der Waals surface area contributed by atoms with E-state index in [4.69, 9.17) is 0 Å². The Morgan fingerprint density at radius 3 is 1.04 bits per heavy atom. The molecule has 0 amide bonds. The zero-order valence-corrected chi connectivity index (χ0v) is 18.8. The van der Waals surface area contributed by atoms with Gasteiger partial charge in [0.25, 0.3) is 0 Å². The van der Waals surface area contributed by atoms with Crippen LogP contribution in [0.3, 0.4) is 0 Å². The van der Waals surface area contributed by atoms with Crippen molar-refractivity contribution in [3.63, 3.8) is 0 Å². The molecule has 4 heteroatoms. The summed E-state index contributed by atoms with van der Waals surface area (Å²) in [4.78, 5) is 0. The normalized spacial score (nSPS) is 10.5. The highest BCUT2D eigenvalue weighted by atomic mass is 35.5. The Bertz CT molecular complexity index is 212. The highest BCUT2D eigenvalue weighted by Crippen LogP contribution is 2.12. The van der Waals surface area contributed by atoms with Crippen molar-refractivity contribution in [2.24, 2.45) is 0 Å². The van der Waals surface area contributed by atoms with Crippen molar-refractivity contribution in [2.45, 2.75) is 104 Å². The highest BCUT2D eigenvalue weighted by Gasteiger charge is 2.13. The molecule has 0 aromatic heterocycles. The molecule has 0 radical (unpaired) electrons. The summed E-state index contributed by atoms with van der Waals surface area (Å²) in [6.07, 6.45) is 20.1. The maximum absolute atomic E-state index is 2.42. The molecule has 0 aromatic carbocycles. The van der Waals surface area contributed by atoms with Crippen molar-refractivity contribution in [1.29, 1.82) is 0 Å². The molecule has 0 fully saturated rings. The maximum Gasteiger partial charge on any atom is 0.0782 e. The molecule has 0 aliphatic heterocycles. The predicted molar refractivity (Wildman–Crippen MR) is 110 cm³/mol. The van der Waals surface area contributed by atoms with Crippen LogP contribution < -0.4 is 18.6 Å². The molecule has 0 aliphatic rings.